The van der Waals surface area contributed by atoms with E-state index in [4.69, 9.17) is 14.2 Å². The summed E-state index contributed by atoms with van der Waals surface area (Å²) >= 11 is 0. The molecule has 6 nitrogen and oxygen atoms in total. The van der Waals surface area contributed by atoms with Crippen LogP contribution < -0.4 is 0 Å². The number of carbonyl (C=O) groups excluding carboxylic acids is 3. The van der Waals surface area contributed by atoms with E-state index in [1.54, 1.807) is 0 Å². The van der Waals surface area contributed by atoms with E-state index < -0.39 is 6.10 Å². The largest absolute Gasteiger partial charge is 0.462 e. The zero-order valence-electron chi connectivity index (χ0n) is 36.7. The minimum absolute atomic E-state index is 0.0213. The number of hydrogen-bond acceptors (Lipinski definition) is 6. The Morgan fingerprint density at radius 2 is 0.593 bits per heavy atom. The van der Waals surface area contributed by atoms with Gasteiger partial charge in [-0.05, 0) is 25.7 Å². The summed E-state index contributed by atoms with van der Waals surface area (Å²) in [6, 6.07) is 0. The Balaban J connectivity index is 4.57. The first kappa shape index (κ1) is 52.4. The second-order valence-electron chi connectivity index (χ2n) is 16.4. The molecule has 2 unspecified atom stereocenters. The first-order chi connectivity index (χ1) is 26.5. The van der Waals surface area contributed by atoms with E-state index in [9.17, 15) is 14.4 Å². The Hall–Kier alpha value is -1.59. The summed E-state index contributed by atoms with van der Waals surface area (Å²) in [5.41, 5.74) is 0. The van der Waals surface area contributed by atoms with Gasteiger partial charge in [-0.15, -0.1) is 0 Å². The van der Waals surface area contributed by atoms with E-state index in [2.05, 4.69) is 20.8 Å². The topological polar surface area (TPSA) is 78.9 Å². The highest BCUT2D eigenvalue weighted by Gasteiger charge is 2.23. The SMILES string of the molecule is CCCCCCCCCCCCCC(=O)OCC(CC(CC)OC(=O)CCCCCCCCCCCCC)OC(=O)CCCCCCCCCCCCC. The molecule has 0 aromatic carbocycles. The van der Waals surface area contributed by atoms with Crippen molar-refractivity contribution < 1.29 is 28.6 Å². The molecule has 0 heterocycles. The van der Waals surface area contributed by atoms with Gasteiger partial charge in [0.1, 0.15) is 18.8 Å². The summed E-state index contributed by atoms with van der Waals surface area (Å²) in [6.45, 7) is 8.78. The Kier molecular flexibility index (Phi) is 41.3. The fourth-order valence-corrected chi connectivity index (χ4v) is 7.29. The van der Waals surface area contributed by atoms with Crippen molar-refractivity contribution in [2.24, 2.45) is 0 Å². The van der Waals surface area contributed by atoms with Gasteiger partial charge >= 0.3 is 17.9 Å². The fraction of sp³-hybridized carbons (Fsp3) is 0.938. The van der Waals surface area contributed by atoms with E-state index in [1.807, 2.05) is 6.92 Å². The maximum atomic E-state index is 12.9. The van der Waals surface area contributed by atoms with Crippen LogP contribution in [0.1, 0.15) is 272 Å². The summed E-state index contributed by atoms with van der Waals surface area (Å²) in [7, 11) is 0. The lowest BCUT2D eigenvalue weighted by Gasteiger charge is -2.23. The van der Waals surface area contributed by atoms with Crippen molar-refractivity contribution in [3.63, 3.8) is 0 Å². The first-order valence-corrected chi connectivity index (χ1v) is 24.0. The van der Waals surface area contributed by atoms with Crippen LogP contribution in [0.5, 0.6) is 0 Å². The normalized spacial score (nSPS) is 12.4. The predicted octanol–water partition coefficient (Wildman–Crippen LogP) is 15.3. The molecule has 2 atom stereocenters. The van der Waals surface area contributed by atoms with Crippen molar-refractivity contribution in [1.82, 2.24) is 0 Å². The average molecular weight is 765 g/mol. The summed E-state index contributed by atoms with van der Waals surface area (Å²) in [4.78, 5) is 38.3. The lowest BCUT2D eigenvalue weighted by molar-refractivity contribution is -0.164. The Morgan fingerprint density at radius 1 is 0.333 bits per heavy atom. The highest BCUT2D eigenvalue weighted by molar-refractivity contribution is 5.70. The van der Waals surface area contributed by atoms with Gasteiger partial charge in [0.05, 0.1) is 0 Å². The molecule has 0 radical (unpaired) electrons. The molecule has 0 rings (SSSR count). The van der Waals surface area contributed by atoms with E-state index in [0.29, 0.717) is 32.1 Å². The van der Waals surface area contributed by atoms with Crippen molar-refractivity contribution in [1.29, 1.82) is 0 Å². The van der Waals surface area contributed by atoms with Crippen molar-refractivity contribution in [3.8, 4) is 0 Å². The number of esters is 3. The van der Waals surface area contributed by atoms with Gasteiger partial charge in [0.15, 0.2) is 0 Å². The lowest BCUT2D eigenvalue weighted by Crippen LogP contribution is -2.31. The van der Waals surface area contributed by atoms with E-state index in [-0.39, 0.29) is 30.6 Å². The zero-order chi connectivity index (χ0) is 39.6. The number of unbranched alkanes of at least 4 members (excludes halogenated alkanes) is 30. The minimum Gasteiger partial charge on any atom is -0.462 e. The van der Waals surface area contributed by atoms with Crippen molar-refractivity contribution in [2.75, 3.05) is 6.61 Å². The van der Waals surface area contributed by atoms with Gasteiger partial charge in [-0.2, -0.15) is 0 Å². The molecular formula is C48H92O6. The Morgan fingerprint density at radius 3 is 0.889 bits per heavy atom. The molecular weight excluding hydrogens is 673 g/mol. The highest BCUT2D eigenvalue weighted by Crippen LogP contribution is 2.18. The minimum atomic E-state index is -0.605. The maximum absolute atomic E-state index is 12.9. The van der Waals surface area contributed by atoms with Crippen LogP contribution in [0.3, 0.4) is 0 Å². The lowest BCUT2D eigenvalue weighted by atomic mass is 10.1. The van der Waals surface area contributed by atoms with Crippen LogP contribution in [-0.4, -0.2) is 36.7 Å². The fourth-order valence-electron chi connectivity index (χ4n) is 7.29. The van der Waals surface area contributed by atoms with Crippen LogP contribution in [0.25, 0.3) is 0 Å². The summed E-state index contributed by atoms with van der Waals surface area (Å²) in [5.74, 6) is -0.671. The van der Waals surface area contributed by atoms with Gasteiger partial charge in [-0.1, -0.05) is 220 Å². The molecule has 0 saturated heterocycles. The van der Waals surface area contributed by atoms with Crippen LogP contribution in [0.4, 0.5) is 0 Å². The van der Waals surface area contributed by atoms with Crippen LogP contribution in [0.2, 0.25) is 0 Å². The van der Waals surface area contributed by atoms with Gasteiger partial charge in [-0.25, -0.2) is 0 Å². The molecule has 320 valence electrons. The molecule has 0 aliphatic heterocycles. The second kappa shape index (κ2) is 42.6. The number of ether oxygens (including phenoxy) is 3. The molecule has 0 aromatic rings. The van der Waals surface area contributed by atoms with Gasteiger partial charge in [0, 0.05) is 25.7 Å². The van der Waals surface area contributed by atoms with Crippen LogP contribution in [0, 0.1) is 0 Å². The third kappa shape index (κ3) is 38.7. The first-order valence-electron chi connectivity index (χ1n) is 24.0. The molecule has 0 aromatic heterocycles. The molecule has 0 saturated carbocycles. The van der Waals surface area contributed by atoms with E-state index in [0.717, 1.165) is 51.4 Å². The Bertz CT molecular complexity index is 813. The third-order valence-electron chi connectivity index (χ3n) is 11.0. The molecule has 0 aliphatic carbocycles. The third-order valence-corrected chi connectivity index (χ3v) is 11.0. The Labute approximate surface area is 336 Å². The molecule has 6 heteroatoms. The zero-order valence-corrected chi connectivity index (χ0v) is 36.7. The number of hydrogen-bond donors (Lipinski definition) is 0. The molecule has 0 aliphatic rings. The highest BCUT2D eigenvalue weighted by atomic mass is 16.6. The van der Waals surface area contributed by atoms with Crippen molar-refractivity contribution >= 4 is 17.9 Å². The quantitative estimate of drug-likeness (QED) is 0.0349. The smallest absolute Gasteiger partial charge is 0.306 e. The van der Waals surface area contributed by atoms with Gasteiger partial charge in [0.2, 0.25) is 0 Å². The van der Waals surface area contributed by atoms with E-state index in [1.165, 1.54) is 161 Å². The second-order valence-corrected chi connectivity index (χ2v) is 16.4. The van der Waals surface area contributed by atoms with Crippen LogP contribution in [0.15, 0.2) is 0 Å². The molecule has 54 heavy (non-hydrogen) atoms. The molecule has 0 fully saturated rings. The van der Waals surface area contributed by atoms with Gasteiger partial charge in [0.25, 0.3) is 0 Å². The monoisotopic (exact) mass is 765 g/mol. The standard InChI is InChI=1S/C48H92O6/c1-5-9-12-15-18-21-24-27-30-33-36-39-46(49)52-43-45(54-48(51)41-38-35-32-29-26-23-20-17-14-11-7-3)42-44(8-4)53-47(50)40-37-34-31-28-25-22-19-16-13-10-6-2/h44-45H,5-43H2,1-4H3. The molecule has 0 spiro atoms. The van der Waals surface area contributed by atoms with Crippen LogP contribution in [-0.2, 0) is 28.6 Å². The van der Waals surface area contributed by atoms with Gasteiger partial charge in [-0.3, -0.25) is 14.4 Å². The summed E-state index contributed by atoms with van der Waals surface area (Å²) in [6.07, 6.45) is 41.9. The maximum Gasteiger partial charge on any atom is 0.306 e. The molecule has 0 bridgehead atoms. The molecule has 0 amide bonds. The number of carbonyl (C=O) groups is 3. The summed E-state index contributed by atoms with van der Waals surface area (Å²) < 4.78 is 17.4. The number of rotatable bonds is 43. The molecule has 0 N–H and O–H groups in total. The van der Waals surface area contributed by atoms with Crippen molar-refractivity contribution in [3.05, 3.63) is 0 Å². The van der Waals surface area contributed by atoms with Crippen LogP contribution >= 0.6 is 0 Å². The predicted molar refractivity (Wildman–Crippen MR) is 229 cm³/mol. The van der Waals surface area contributed by atoms with Crippen molar-refractivity contribution in [2.45, 2.75) is 284 Å². The average Bonchev–Trinajstić information content (AvgIpc) is 3.16. The van der Waals surface area contributed by atoms with Gasteiger partial charge < -0.3 is 14.2 Å². The van der Waals surface area contributed by atoms with E-state index >= 15 is 0 Å². The summed E-state index contributed by atoms with van der Waals surface area (Å²) in [5, 5.41) is 0.